The van der Waals surface area contributed by atoms with Gasteiger partial charge in [0, 0.05) is 50.2 Å². The monoisotopic (exact) mass is 425 g/mol. The predicted molar refractivity (Wildman–Crippen MR) is 127 cm³/mol. The molecule has 0 amide bonds. The Morgan fingerprint density at radius 3 is 2.16 bits per heavy atom. The minimum atomic E-state index is -0.357. The standard InChI is InChI=1S/C27H27N3O2/c1-22-7-5-10-25(17-22)20-29-16-6-11-27(29)21-28(18-23-8-3-2-4-9-23)19-24-12-14-26(15-13-24)30(31)32/h2-17H,18-21H2,1H3. The van der Waals surface area contributed by atoms with Gasteiger partial charge in [0.2, 0.25) is 0 Å². The molecule has 3 aromatic carbocycles. The van der Waals surface area contributed by atoms with Crippen molar-refractivity contribution in [1.29, 1.82) is 0 Å². The number of aryl methyl sites for hydroxylation is 1. The van der Waals surface area contributed by atoms with Crippen molar-refractivity contribution in [1.82, 2.24) is 9.47 Å². The summed E-state index contributed by atoms with van der Waals surface area (Å²) < 4.78 is 2.29. The topological polar surface area (TPSA) is 51.3 Å². The first-order chi connectivity index (χ1) is 15.6. The zero-order valence-electron chi connectivity index (χ0n) is 18.2. The molecule has 0 aliphatic heterocycles. The maximum atomic E-state index is 11.0. The van der Waals surface area contributed by atoms with Crippen molar-refractivity contribution in [2.24, 2.45) is 0 Å². The highest BCUT2D eigenvalue weighted by Crippen LogP contribution is 2.18. The Morgan fingerprint density at radius 1 is 0.781 bits per heavy atom. The number of aromatic nitrogens is 1. The summed E-state index contributed by atoms with van der Waals surface area (Å²) in [5.74, 6) is 0. The molecule has 0 N–H and O–H groups in total. The summed E-state index contributed by atoms with van der Waals surface area (Å²) in [6.45, 7) is 5.24. The average Bonchev–Trinajstić information content (AvgIpc) is 3.21. The van der Waals surface area contributed by atoms with Gasteiger partial charge < -0.3 is 4.57 Å². The lowest BCUT2D eigenvalue weighted by Crippen LogP contribution is -2.24. The second kappa shape index (κ2) is 10.1. The Labute approximate surface area is 188 Å². The van der Waals surface area contributed by atoms with E-state index in [0.29, 0.717) is 6.54 Å². The number of nitrogens with zero attached hydrogens (tertiary/aromatic N) is 3. The van der Waals surface area contributed by atoms with Crippen LogP contribution in [0.25, 0.3) is 0 Å². The van der Waals surface area contributed by atoms with Crippen LogP contribution in [0.4, 0.5) is 5.69 Å². The van der Waals surface area contributed by atoms with Crippen LogP contribution in [0.3, 0.4) is 0 Å². The van der Waals surface area contributed by atoms with E-state index in [0.717, 1.165) is 25.2 Å². The van der Waals surface area contributed by atoms with E-state index in [1.807, 2.05) is 18.2 Å². The highest BCUT2D eigenvalue weighted by atomic mass is 16.6. The second-order valence-electron chi connectivity index (χ2n) is 8.17. The molecule has 162 valence electrons. The highest BCUT2D eigenvalue weighted by molar-refractivity contribution is 5.33. The average molecular weight is 426 g/mol. The van der Waals surface area contributed by atoms with Crippen molar-refractivity contribution in [3.05, 3.63) is 135 Å². The van der Waals surface area contributed by atoms with E-state index in [-0.39, 0.29) is 10.6 Å². The van der Waals surface area contributed by atoms with E-state index in [4.69, 9.17) is 0 Å². The van der Waals surface area contributed by atoms with Gasteiger partial charge in [0.05, 0.1) is 4.92 Å². The first kappa shape index (κ1) is 21.5. The fraction of sp³-hybridized carbons (Fsp3) is 0.185. The second-order valence-corrected chi connectivity index (χ2v) is 8.17. The fourth-order valence-electron chi connectivity index (χ4n) is 3.97. The molecule has 0 aliphatic carbocycles. The van der Waals surface area contributed by atoms with Gasteiger partial charge in [-0.1, -0.05) is 72.3 Å². The van der Waals surface area contributed by atoms with Gasteiger partial charge in [0.1, 0.15) is 0 Å². The molecule has 4 rings (SSSR count). The molecule has 0 spiro atoms. The molecule has 0 unspecified atom stereocenters. The number of non-ortho nitro benzene ring substituents is 1. The normalized spacial score (nSPS) is 11.1. The lowest BCUT2D eigenvalue weighted by atomic mass is 10.1. The fourth-order valence-corrected chi connectivity index (χ4v) is 3.97. The zero-order chi connectivity index (χ0) is 22.3. The lowest BCUT2D eigenvalue weighted by Gasteiger charge is -2.24. The summed E-state index contributed by atoms with van der Waals surface area (Å²) >= 11 is 0. The maximum absolute atomic E-state index is 11.0. The SMILES string of the molecule is Cc1cccc(Cn2cccc2CN(Cc2ccccc2)Cc2ccc([N+](=O)[O-])cc2)c1. The van der Waals surface area contributed by atoms with E-state index < -0.39 is 0 Å². The van der Waals surface area contributed by atoms with E-state index in [1.54, 1.807) is 12.1 Å². The van der Waals surface area contributed by atoms with Crippen LogP contribution in [0.15, 0.2) is 97.2 Å². The van der Waals surface area contributed by atoms with Crippen molar-refractivity contribution >= 4 is 5.69 Å². The molecule has 0 atom stereocenters. The molecule has 0 saturated heterocycles. The molecule has 4 aromatic rings. The number of nitro groups is 1. The van der Waals surface area contributed by atoms with Crippen LogP contribution in [0.2, 0.25) is 0 Å². The molecule has 5 nitrogen and oxygen atoms in total. The third kappa shape index (κ3) is 5.71. The van der Waals surface area contributed by atoms with Crippen LogP contribution in [0.1, 0.15) is 27.9 Å². The summed E-state index contributed by atoms with van der Waals surface area (Å²) in [5.41, 5.74) is 6.21. The minimum Gasteiger partial charge on any atom is -0.346 e. The van der Waals surface area contributed by atoms with Crippen LogP contribution in [0.5, 0.6) is 0 Å². The summed E-state index contributed by atoms with van der Waals surface area (Å²) in [6.07, 6.45) is 2.13. The predicted octanol–water partition coefficient (Wildman–Crippen LogP) is 5.96. The summed E-state index contributed by atoms with van der Waals surface area (Å²) in [5, 5.41) is 11.0. The minimum absolute atomic E-state index is 0.121. The number of nitro benzene ring substituents is 1. The third-order valence-electron chi connectivity index (χ3n) is 5.55. The van der Waals surface area contributed by atoms with Crippen molar-refractivity contribution in [2.45, 2.75) is 33.1 Å². The first-order valence-electron chi connectivity index (χ1n) is 10.8. The lowest BCUT2D eigenvalue weighted by molar-refractivity contribution is -0.384. The van der Waals surface area contributed by atoms with Gasteiger partial charge in [-0.2, -0.15) is 0 Å². The van der Waals surface area contributed by atoms with E-state index >= 15 is 0 Å². The molecule has 5 heteroatoms. The van der Waals surface area contributed by atoms with Crippen LogP contribution in [-0.2, 0) is 26.2 Å². The van der Waals surface area contributed by atoms with Crippen LogP contribution < -0.4 is 0 Å². The summed E-state index contributed by atoms with van der Waals surface area (Å²) in [6, 6.07) is 30.1. The Kier molecular flexibility index (Phi) is 6.78. The van der Waals surface area contributed by atoms with Gasteiger partial charge in [-0.15, -0.1) is 0 Å². The van der Waals surface area contributed by atoms with Gasteiger partial charge in [-0.25, -0.2) is 0 Å². The number of hydrogen-bond donors (Lipinski definition) is 0. The van der Waals surface area contributed by atoms with Crippen molar-refractivity contribution in [2.75, 3.05) is 0 Å². The van der Waals surface area contributed by atoms with Gasteiger partial charge >= 0.3 is 0 Å². The molecule has 0 radical (unpaired) electrons. The molecule has 0 aliphatic rings. The third-order valence-corrected chi connectivity index (χ3v) is 5.55. The Hall–Kier alpha value is -3.70. The number of rotatable bonds is 9. The molecule has 1 aromatic heterocycles. The Bertz CT molecular complexity index is 1170. The molecular formula is C27H27N3O2. The summed E-state index contributed by atoms with van der Waals surface area (Å²) in [7, 11) is 0. The summed E-state index contributed by atoms with van der Waals surface area (Å²) in [4.78, 5) is 13.0. The molecule has 32 heavy (non-hydrogen) atoms. The first-order valence-corrected chi connectivity index (χ1v) is 10.8. The van der Waals surface area contributed by atoms with Crippen molar-refractivity contribution in [3.8, 4) is 0 Å². The van der Waals surface area contributed by atoms with Gasteiger partial charge in [0.15, 0.2) is 0 Å². The zero-order valence-corrected chi connectivity index (χ0v) is 18.2. The van der Waals surface area contributed by atoms with Gasteiger partial charge in [0.25, 0.3) is 5.69 Å². The highest BCUT2D eigenvalue weighted by Gasteiger charge is 2.13. The molecule has 0 saturated carbocycles. The Balaban J connectivity index is 1.54. The largest absolute Gasteiger partial charge is 0.346 e. The molecule has 1 heterocycles. The van der Waals surface area contributed by atoms with E-state index in [2.05, 4.69) is 83.3 Å². The molecule has 0 bridgehead atoms. The van der Waals surface area contributed by atoms with Crippen LogP contribution >= 0.6 is 0 Å². The number of benzene rings is 3. The van der Waals surface area contributed by atoms with Crippen LogP contribution in [-0.4, -0.2) is 14.4 Å². The van der Waals surface area contributed by atoms with Crippen molar-refractivity contribution < 1.29 is 4.92 Å². The smallest absolute Gasteiger partial charge is 0.269 e. The van der Waals surface area contributed by atoms with E-state index in [1.165, 1.54) is 22.4 Å². The quantitative estimate of drug-likeness (QED) is 0.246. The van der Waals surface area contributed by atoms with E-state index in [9.17, 15) is 10.1 Å². The van der Waals surface area contributed by atoms with Crippen LogP contribution in [0, 0.1) is 17.0 Å². The van der Waals surface area contributed by atoms with Gasteiger partial charge in [-0.05, 0) is 35.7 Å². The van der Waals surface area contributed by atoms with Crippen molar-refractivity contribution in [3.63, 3.8) is 0 Å². The van der Waals surface area contributed by atoms with Gasteiger partial charge in [-0.3, -0.25) is 15.0 Å². The number of hydrogen-bond acceptors (Lipinski definition) is 3. The Morgan fingerprint density at radius 2 is 1.47 bits per heavy atom. The maximum Gasteiger partial charge on any atom is 0.269 e. The molecular weight excluding hydrogens is 398 g/mol. The molecule has 0 fully saturated rings.